The second-order valence-corrected chi connectivity index (χ2v) is 6.59. The number of halogens is 2. The van der Waals surface area contributed by atoms with Crippen LogP contribution in [0.1, 0.15) is 37.3 Å². The van der Waals surface area contributed by atoms with Crippen LogP contribution in [-0.4, -0.2) is 31.1 Å². The topological polar surface area (TPSA) is 15.3 Å². The Kier molecular flexibility index (Phi) is 4.29. The molecule has 0 bridgehead atoms. The van der Waals surface area contributed by atoms with Gasteiger partial charge in [0, 0.05) is 18.6 Å². The van der Waals surface area contributed by atoms with Crippen LogP contribution in [0.3, 0.4) is 0 Å². The number of nitrogens with one attached hydrogen (secondary N) is 1. The third-order valence-electron chi connectivity index (χ3n) is 4.54. The van der Waals surface area contributed by atoms with E-state index in [1.54, 1.807) is 12.1 Å². The average molecular weight is 297 g/mol. The molecular weight excluding hydrogens is 275 g/mol. The summed E-state index contributed by atoms with van der Waals surface area (Å²) in [4.78, 5) is 2.35. The summed E-state index contributed by atoms with van der Waals surface area (Å²) in [6.45, 7) is 2.11. The average Bonchev–Trinajstić information content (AvgIpc) is 3.24. The van der Waals surface area contributed by atoms with E-state index in [9.17, 15) is 4.39 Å². The van der Waals surface area contributed by atoms with Crippen molar-refractivity contribution in [3.05, 3.63) is 34.6 Å². The van der Waals surface area contributed by atoms with Gasteiger partial charge in [-0.15, -0.1) is 0 Å². The Labute approximate surface area is 125 Å². The van der Waals surface area contributed by atoms with Crippen molar-refractivity contribution in [3.8, 4) is 0 Å². The molecule has 1 heterocycles. The van der Waals surface area contributed by atoms with Crippen LogP contribution >= 0.6 is 11.6 Å². The standard InChI is InChI=1S/C16H22ClFN2/c1-20-8-2-3-12(10-19-13-5-6-13)16(20)11-4-7-14(17)15(18)9-11/h4,7,9,12-13,16,19H,2-3,5-6,8,10H2,1H3. The first kappa shape index (κ1) is 14.3. The molecule has 3 rings (SSSR count). The van der Waals surface area contributed by atoms with Crippen molar-refractivity contribution in [1.29, 1.82) is 0 Å². The lowest BCUT2D eigenvalue weighted by atomic mass is 9.85. The van der Waals surface area contributed by atoms with Crippen molar-refractivity contribution in [2.45, 2.75) is 37.8 Å². The maximum atomic E-state index is 13.7. The molecule has 1 aliphatic heterocycles. The summed E-state index contributed by atoms with van der Waals surface area (Å²) in [5, 5.41) is 3.83. The highest BCUT2D eigenvalue weighted by atomic mass is 35.5. The van der Waals surface area contributed by atoms with E-state index in [0.29, 0.717) is 12.0 Å². The van der Waals surface area contributed by atoms with Crippen LogP contribution in [0.15, 0.2) is 18.2 Å². The van der Waals surface area contributed by atoms with Gasteiger partial charge >= 0.3 is 0 Å². The first-order chi connectivity index (χ1) is 9.65. The van der Waals surface area contributed by atoms with E-state index in [-0.39, 0.29) is 10.8 Å². The van der Waals surface area contributed by atoms with Gasteiger partial charge in [-0.05, 0) is 62.9 Å². The van der Waals surface area contributed by atoms with Crippen LogP contribution in [0.2, 0.25) is 5.02 Å². The zero-order valence-electron chi connectivity index (χ0n) is 11.9. The molecule has 0 aromatic heterocycles. The Bertz CT molecular complexity index is 476. The molecule has 110 valence electrons. The molecule has 2 atom stereocenters. The maximum absolute atomic E-state index is 13.7. The Morgan fingerprint density at radius 3 is 2.85 bits per heavy atom. The Balaban J connectivity index is 1.78. The highest BCUT2D eigenvalue weighted by Crippen LogP contribution is 2.36. The van der Waals surface area contributed by atoms with Crippen molar-refractivity contribution < 1.29 is 4.39 Å². The van der Waals surface area contributed by atoms with Crippen molar-refractivity contribution >= 4 is 11.6 Å². The van der Waals surface area contributed by atoms with Crippen molar-refractivity contribution in [1.82, 2.24) is 10.2 Å². The molecule has 1 saturated carbocycles. The molecule has 20 heavy (non-hydrogen) atoms. The van der Waals surface area contributed by atoms with Gasteiger partial charge in [-0.3, -0.25) is 4.90 Å². The largest absolute Gasteiger partial charge is 0.314 e. The first-order valence-corrected chi connectivity index (χ1v) is 7.91. The van der Waals surface area contributed by atoms with Crippen molar-refractivity contribution in [3.63, 3.8) is 0 Å². The summed E-state index contributed by atoms with van der Waals surface area (Å²) in [6.07, 6.45) is 5.05. The summed E-state index contributed by atoms with van der Waals surface area (Å²) in [5.41, 5.74) is 1.05. The fourth-order valence-corrected chi connectivity index (χ4v) is 3.42. The normalized spacial score (nSPS) is 27.8. The van der Waals surface area contributed by atoms with E-state index in [2.05, 4.69) is 17.3 Å². The maximum Gasteiger partial charge on any atom is 0.142 e. The molecule has 1 N–H and O–H groups in total. The van der Waals surface area contributed by atoms with Gasteiger partial charge < -0.3 is 5.32 Å². The lowest BCUT2D eigenvalue weighted by Gasteiger charge is -2.40. The molecule has 2 fully saturated rings. The molecule has 2 nitrogen and oxygen atoms in total. The highest BCUT2D eigenvalue weighted by Gasteiger charge is 2.32. The van der Waals surface area contributed by atoms with Gasteiger partial charge in [0.15, 0.2) is 0 Å². The summed E-state index contributed by atoms with van der Waals surface area (Å²) in [6, 6.07) is 6.28. The molecule has 1 saturated heterocycles. The molecule has 2 unspecified atom stereocenters. The molecule has 1 aromatic carbocycles. The predicted molar refractivity (Wildman–Crippen MR) is 80.5 cm³/mol. The number of rotatable bonds is 4. The summed E-state index contributed by atoms with van der Waals surface area (Å²) in [7, 11) is 2.14. The second-order valence-electron chi connectivity index (χ2n) is 6.18. The van der Waals surface area contributed by atoms with Crippen LogP contribution in [0.5, 0.6) is 0 Å². The number of likely N-dealkylation sites (tertiary alicyclic amines) is 1. The van der Waals surface area contributed by atoms with E-state index in [1.807, 2.05) is 6.07 Å². The number of hydrogen-bond donors (Lipinski definition) is 1. The number of nitrogens with zero attached hydrogens (tertiary/aromatic N) is 1. The van der Waals surface area contributed by atoms with Crippen LogP contribution in [0, 0.1) is 11.7 Å². The Hall–Kier alpha value is -0.640. The van der Waals surface area contributed by atoms with Crippen LogP contribution in [0.25, 0.3) is 0 Å². The van der Waals surface area contributed by atoms with Gasteiger partial charge in [0.05, 0.1) is 5.02 Å². The minimum absolute atomic E-state index is 0.208. The lowest BCUT2D eigenvalue weighted by Crippen LogP contribution is -2.41. The number of piperidine rings is 1. The quantitative estimate of drug-likeness (QED) is 0.913. The van der Waals surface area contributed by atoms with E-state index >= 15 is 0 Å². The van der Waals surface area contributed by atoms with E-state index in [0.717, 1.165) is 24.7 Å². The van der Waals surface area contributed by atoms with Crippen LogP contribution in [0.4, 0.5) is 4.39 Å². The molecule has 4 heteroatoms. The monoisotopic (exact) mass is 296 g/mol. The fourth-order valence-electron chi connectivity index (χ4n) is 3.30. The molecule has 0 radical (unpaired) electrons. The molecule has 1 aliphatic carbocycles. The third kappa shape index (κ3) is 3.16. The van der Waals surface area contributed by atoms with Gasteiger partial charge in [-0.1, -0.05) is 17.7 Å². The zero-order valence-corrected chi connectivity index (χ0v) is 12.7. The van der Waals surface area contributed by atoms with E-state index < -0.39 is 0 Å². The lowest BCUT2D eigenvalue weighted by molar-refractivity contribution is 0.119. The molecule has 1 aromatic rings. The van der Waals surface area contributed by atoms with Gasteiger partial charge in [-0.2, -0.15) is 0 Å². The molecule has 2 aliphatic rings. The number of hydrogen-bond acceptors (Lipinski definition) is 2. The minimum Gasteiger partial charge on any atom is -0.314 e. The smallest absolute Gasteiger partial charge is 0.142 e. The van der Waals surface area contributed by atoms with Gasteiger partial charge in [0.25, 0.3) is 0 Å². The Morgan fingerprint density at radius 1 is 1.35 bits per heavy atom. The molecular formula is C16H22ClFN2. The molecule has 0 amide bonds. The van der Waals surface area contributed by atoms with Gasteiger partial charge in [0.2, 0.25) is 0 Å². The van der Waals surface area contributed by atoms with Crippen molar-refractivity contribution in [2.24, 2.45) is 5.92 Å². The van der Waals surface area contributed by atoms with Gasteiger partial charge in [-0.25, -0.2) is 4.39 Å². The predicted octanol–water partition coefficient (Wildman–Crippen LogP) is 3.61. The van der Waals surface area contributed by atoms with Crippen molar-refractivity contribution in [2.75, 3.05) is 20.1 Å². The van der Waals surface area contributed by atoms with Crippen LogP contribution in [-0.2, 0) is 0 Å². The second kappa shape index (κ2) is 6.00. The molecule has 0 spiro atoms. The van der Waals surface area contributed by atoms with E-state index in [1.165, 1.54) is 25.7 Å². The highest BCUT2D eigenvalue weighted by molar-refractivity contribution is 6.30. The van der Waals surface area contributed by atoms with Crippen LogP contribution < -0.4 is 5.32 Å². The van der Waals surface area contributed by atoms with Gasteiger partial charge in [0.1, 0.15) is 5.82 Å². The summed E-state index contributed by atoms with van der Waals surface area (Å²) >= 11 is 5.80. The third-order valence-corrected chi connectivity index (χ3v) is 4.84. The SMILES string of the molecule is CN1CCCC(CNC2CC2)C1c1ccc(Cl)c(F)c1. The summed E-state index contributed by atoms with van der Waals surface area (Å²) < 4.78 is 13.7. The fraction of sp³-hybridized carbons (Fsp3) is 0.625. The number of benzene rings is 1. The first-order valence-electron chi connectivity index (χ1n) is 7.53. The minimum atomic E-state index is -0.308. The van der Waals surface area contributed by atoms with E-state index in [4.69, 9.17) is 11.6 Å². The zero-order chi connectivity index (χ0) is 14.1. The Morgan fingerprint density at radius 2 is 2.15 bits per heavy atom. The summed E-state index contributed by atoms with van der Waals surface area (Å²) in [5.74, 6) is 0.243.